The van der Waals surface area contributed by atoms with Crippen LogP contribution in [0, 0.1) is 0 Å². The molecule has 0 fully saturated rings. The minimum Gasteiger partial charge on any atom is -0.486 e. The Kier molecular flexibility index (Phi) is 6.70. The highest BCUT2D eigenvalue weighted by molar-refractivity contribution is 7.89. The van der Waals surface area contributed by atoms with E-state index in [1.165, 1.54) is 12.1 Å². The largest absolute Gasteiger partial charge is 0.486 e. The average Bonchev–Trinajstić information content (AvgIpc) is 3.19. The van der Waals surface area contributed by atoms with Crippen LogP contribution in [-0.4, -0.2) is 44.3 Å². The van der Waals surface area contributed by atoms with Gasteiger partial charge in [-0.15, -0.1) is 0 Å². The number of esters is 1. The molecule has 0 bridgehead atoms. The number of carbonyl (C=O) groups excluding carboxylic acids is 1. The Morgan fingerprint density at radius 3 is 2.72 bits per heavy atom. The molecule has 0 radical (unpaired) electrons. The van der Waals surface area contributed by atoms with Crippen LogP contribution in [0.25, 0.3) is 0 Å². The lowest BCUT2D eigenvalue weighted by molar-refractivity contribution is -0.145. The second-order valence-electron chi connectivity index (χ2n) is 6.67. The van der Waals surface area contributed by atoms with Crippen LogP contribution in [0.2, 0.25) is 0 Å². The summed E-state index contributed by atoms with van der Waals surface area (Å²) in [5, 5.41) is 3.78. The fraction of sp³-hybridized carbons (Fsp3) is 0.500. The van der Waals surface area contributed by atoms with Crippen molar-refractivity contribution in [2.45, 2.75) is 44.1 Å². The molecule has 1 N–H and O–H groups in total. The molecule has 0 amide bonds. The summed E-state index contributed by atoms with van der Waals surface area (Å²) in [6, 6.07) is 4.42. The van der Waals surface area contributed by atoms with Crippen LogP contribution in [0.1, 0.15) is 44.3 Å². The molecule has 2 aromatic rings. The second-order valence-corrected chi connectivity index (χ2v) is 8.44. The SMILES string of the molecule is CC(C)c1noc(COC(=O)CCCNS(=O)(=O)c2ccc3c(c2)OCCO3)n1. The smallest absolute Gasteiger partial charge is 0.306 e. The van der Waals surface area contributed by atoms with Gasteiger partial charge in [-0.25, -0.2) is 13.1 Å². The normalized spacial score (nSPS) is 13.5. The van der Waals surface area contributed by atoms with Crippen molar-refractivity contribution in [3.8, 4) is 11.5 Å². The molecule has 0 saturated heterocycles. The van der Waals surface area contributed by atoms with Crippen LogP contribution in [0.15, 0.2) is 27.6 Å². The molecule has 29 heavy (non-hydrogen) atoms. The molecule has 0 spiro atoms. The van der Waals surface area contributed by atoms with E-state index in [-0.39, 0.29) is 42.7 Å². The van der Waals surface area contributed by atoms with E-state index in [9.17, 15) is 13.2 Å². The van der Waals surface area contributed by atoms with Gasteiger partial charge in [0.1, 0.15) is 13.2 Å². The average molecular weight is 425 g/mol. The zero-order valence-corrected chi connectivity index (χ0v) is 17.0. The molecular weight excluding hydrogens is 402 g/mol. The molecule has 11 heteroatoms. The summed E-state index contributed by atoms with van der Waals surface area (Å²) in [6.45, 7) is 4.62. The lowest BCUT2D eigenvalue weighted by atomic mass is 10.2. The van der Waals surface area contributed by atoms with Crippen LogP contribution < -0.4 is 14.2 Å². The zero-order chi connectivity index (χ0) is 20.9. The monoisotopic (exact) mass is 425 g/mol. The van der Waals surface area contributed by atoms with Crippen molar-refractivity contribution in [1.29, 1.82) is 0 Å². The molecule has 0 atom stereocenters. The van der Waals surface area contributed by atoms with Gasteiger partial charge in [0, 0.05) is 24.9 Å². The summed E-state index contributed by atoms with van der Waals surface area (Å²) in [7, 11) is -3.72. The van der Waals surface area contributed by atoms with Gasteiger partial charge in [0.25, 0.3) is 5.89 Å². The van der Waals surface area contributed by atoms with Crippen LogP contribution >= 0.6 is 0 Å². The van der Waals surface area contributed by atoms with Crippen molar-refractivity contribution >= 4 is 16.0 Å². The van der Waals surface area contributed by atoms with E-state index < -0.39 is 16.0 Å². The number of nitrogens with one attached hydrogen (secondary N) is 1. The highest BCUT2D eigenvalue weighted by atomic mass is 32.2. The van der Waals surface area contributed by atoms with E-state index in [1.807, 2.05) is 13.8 Å². The van der Waals surface area contributed by atoms with E-state index in [2.05, 4.69) is 14.9 Å². The number of ether oxygens (including phenoxy) is 3. The topological polar surface area (TPSA) is 130 Å². The highest BCUT2D eigenvalue weighted by Crippen LogP contribution is 2.32. The van der Waals surface area contributed by atoms with E-state index in [0.717, 1.165) is 0 Å². The molecule has 0 saturated carbocycles. The highest BCUT2D eigenvalue weighted by Gasteiger charge is 2.19. The van der Waals surface area contributed by atoms with E-state index >= 15 is 0 Å². The Balaban J connectivity index is 1.41. The Morgan fingerprint density at radius 1 is 1.24 bits per heavy atom. The molecule has 1 aromatic carbocycles. The molecular formula is C18H23N3O7S. The lowest BCUT2D eigenvalue weighted by Gasteiger charge is -2.18. The van der Waals surface area contributed by atoms with Crippen LogP contribution in [0.5, 0.6) is 11.5 Å². The molecule has 158 valence electrons. The maximum Gasteiger partial charge on any atom is 0.306 e. The molecule has 3 rings (SSSR count). The van der Waals surface area contributed by atoms with Gasteiger partial charge in [-0.1, -0.05) is 19.0 Å². The quantitative estimate of drug-likeness (QED) is 0.472. The van der Waals surface area contributed by atoms with E-state index in [4.69, 9.17) is 18.7 Å². The number of aromatic nitrogens is 2. The third-order valence-electron chi connectivity index (χ3n) is 4.03. The van der Waals surface area contributed by atoms with Crippen LogP contribution in [0.3, 0.4) is 0 Å². The summed E-state index contributed by atoms with van der Waals surface area (Å²) in [5.41, 5.74) is 0. The number of sulfonamides is 1. The number of hydrogen-bond donors (Lipinski definition) is 1. The molecule has 1 aliphatic rings. The summed E-state index contributed by atoms with van der Waals surface area (Å²) in [5.74, 6) is 1.31. The van der Waals surface area contributed by atoms with E-state index in [0.29, 0.717) is 30.5 Å². The fourth-order valence-electron chi connectivity index (χ4n) is 2.49. The van der Waals surface area contributed by atoms with Crippen LogP contribution in [0.4, 0.5) is 0 Å². The number of carbonyl (C=O) groups is 1. The van der Waals surface area contributed by atoms with Crippen molar-refractivity contribution in [2.24, 2.45) is 0 Å². The van der Waals surface area contributed by atoms with Gasteiger partial charge < -0.3 is 18.7 Å². The summed E-state index contributed by atoms with van der Waals surface area (Å²) >= 11 is 0. The molecule has 1 aliphatic heterocycles. The fourth-order valence-corrected chi connectivity index (χ4v) is 3.58. The van der Waals surface area contributed by atoms with Gasteiger partial charge in [0.2, 0.25) is 10.0 Å². The number of fused-ring (bicyclic) bond motifs is 1. The van der Waals surface area contributed by atoms with Gasteiger partial charge in [-0.3, -0.25) is 4.79 Å². The summed E-state index contributed by atoms with van der Waals surface area (Å²) < 4.78 is 48.0. The first-order valence-electron chi connectivity index (χ1n) is 9.22. The molecule has 0 unspecified atom stereocenters. The predicted molar refractivity (Wildman–Crippen MR) is 100 cm³/mol. The van der Waals surface area contributed by atoms with E-state index in [1.54, 1.807) is 6.07 Å². The Hall–Kier alpha value is -2.66. The maximum absolute atomic E-state index is 12.4. The number of rotatable bonds is 9. The zero-order valence-electron chi connectivity index (χ0n) is 16.2. The Labute approximate surface area is 168 Å². The number of hydrogen-bond acceptors (Lipinski definition) is 9. The first-order chi connectivity index (χ1) is 13.8. The predicted octanol–water partition coefficient (Wildman–Crippen LogP) is 1.77. The first kappa shape index (κ1) is 21.1. The minimum absolute atomic E-state index is 0.0504. The van der Waals surface area contributed by atoms with Gasteiger partial charge >= 0.3 is 5.97 Å². The molecule has 0 aliphatic carbocycles. The van der Waals surface area contributed by atoms with Crippen LogP contribution in [-0.2, 0) is 26.2 Å². The minimum atomic E-state index is -3.72. The van der Waals surface area contributed by atoms with Crippen molar-refractivity contribution in [1.82, 2.24) is 14.9 Å². The van der Waals surface area contributed by atoms with Crippen molar-refractivity contribution in [3.63, 3.8) is 0 Å². The molecule has 2 heterocycles. The Bertz CT molecular complexity index is 956. The Morgan fingerprint density at radius 2 is 2.00 bits per heavy atom. The molecule has 10 nitrogen and oxygen atoms in total. The third kappa shape index (κ3) is 5.67. The second kappa shape index (κ2) is 9.23. The third-order valence-corrected chi connectivity index (χ3v) is 5.49. The summed E-state index contributed by atoms with van der Waals surface area (Å²) in [6.07, 6.45) is 0.332. The summed E-state index contributed by atoms with van der Waals surface area (Å²) in [4.78, 5) is 16.0. The lowest BCUT2D eigenvalue weighted by Crippen LogP contribution is -2.25. The van der Waals surface area contributed by atoms with Gasteiger partial charge in [-0.2, -0.15) is 4.98 Å². The van der Waals surface area contributed by atoms with Crippen molar-refractivity contribution in [2.75, 3.05) is 19.8 Å². The van der Waals surface area contributed by atoms with Gasteiger partial charge in [0.15, 0.2) is 23.9 Å². The number of nitrogens with zero attached hydrogens (tertiary/aromatic N) is 2. The molecule has 1 aromatic heterocycles. The standard InChI is InChI=1S/C18H23N3O7S/c1-12(2)18-20-16(28-21-18)11-27-17(22)4-3-7-19-29(23,24)13-5-6-14-15(10-13)26-9-8-25-14/h5-6,10,12,19H,3-4,7-9,11H2,1-2H3. The first-order valence-corrected chi connectivity index (χ1v) is 10.7. The number of benzene rings is 1. The van der Waals surface area contributed by atoms with Crippen molar-refractivity contribution < 1.29 is 31.9 Å². The van der Waals surface area contributed by atoms with Gasteiger partial charge in [-0.05, 0) is 18.6 Å². The van der Waals surface area contributed by atoms with Crippen molar-refractivity contribution in [3.05, 3.63) is 29.9 Å². The van der Waals surface area contributed by atoms with Gasteiger partial charge in [0.05, 0.1) is 4.90 Å². The maximum atomic E-state index is 12.4.